The number of carbonyl (C=O) groups excluding carboxylic acids is 3. The fourth-order valence-corrected chi connectivity index (χ4v) is 3.55. The van der Waals surface area contributed by atoms with E-state index < -0.39 is 66.2 Å². The summed E-state index contributed by atoms with van der Waals surface area (Å²) in [6.45, 7) is 4.78. The van der Waals surface area contributed by atoms with Gasteiger partial charge in [-0.05, 0) is 32.1 Å². The number of primary amides is 1. The van der Waals surface area contributed by atoms with E-state index in [-0.39, 0.29) is 37.7 Å². The topological polar surface area (TPSA) is 273 Å². The lowest BCUT2D eigenvalue weighted by atomic mass is 9.96. The molecule has 0 saturated heterocycles. The van der Waals surface area contributed by atoms with Crippen LogP contribution in [0.1, 0.15) is 40.0 Å². The lowest BCUT2D eigenvalue weighted by molar-refractivity contribution is -0.143. The highest BCUT2D eigenvalue weighted by molar-refractivity contribution is 5.96. The molecule has 15 heteroatoms. The molecule has 35 heavy (non-hydrogen) atoms. The average Bonchev–Trinajstić information content (AvgIpc) is 3.13. The molecular formula is C20H38N8O7. The van der Waals surface area contributed by atoms with Gasteiger partial charge in [0.25, 0.3) is 0 Å². The first kappa shape index (κ1) is 30.0. The van der Waals surface area contributed by atoms with Crippen LogP contribution in [0.3, 0.4) is 0 Å². The lowest BCUT2D eigenvalue weighted by Crippen LogP contribution is -2.57. The molecule has 4 amide bonds. The van der Waals surface area contributed by atoms with E-state index in [2.05, 4.69) is 15.6 Å². The van der Waals surface area contributed by atoms with Gasteiger partial charge in [-0.3, -0.25) is 19.5 Å². The predicted molar refractivity (Wildman–Crippen MR) is 126 cm³/mol. The van der Waals surface area contributed by atoms with Gasteiger partial charge >= 0.3 is 12.0 Å². The van der Waals surface area contributed by atoms with Gasteiger partial charge < -0.3 is 48.9 Å². The highest BCUT2D eigenvalue weighted by Crippen LogP contribution is 2.17. The van der Waals surface area contributed by atoms with Crippen molar-refractivity contribution in [3.63, 3.8) is 0 Å². The van der Waals surface area contributed by atoms with Crippen molar-refractivity contribution in [2.24, 2.45) is 33.8 Å². The monoisotopic (exact) mass is 502 g/mol. The zero-order valence-corrected chi connectivity index (χ0v) is 20.1. The van der Waals surface area contributed by atoms with Crippen LogP contribution in [0.25, 0.3) is 0 Å². The van der Waals surface area contributed by atoms with E-state index in [0.29, 0.717) is 0 Å². The smallest absolute Gasteiger partial charge is 0.326 e. The molecule has 0 aromatic rings. The largest absolute Gasteiger partial charge is 0.480 e. The number of aliphatic hydroxyl groups is 2. The molecular weight excluding hydrogens is 464 g/mol. The normalized spacial score (nSPS) is 20.9. The Morgan fingerprint density at radius 1 is 1.06 bits per heavy atom. The number of hydrogen-bond acceptors (Lipinski definition) is 10. The number of carbonyl (C=O) groups is 4. The summed E-state index contributed by atoms with van der Waals surface area (Å²) in [5.41, 5.74) is 22.7. The number of nitrogens with one attached hydrogen (secondary N) is 2. The van der Waals surface area contributed by atoms with Gasteiger partial charge in [-0.1, -0.05) is 13.8 Å². The third kappa shape index (κ3) is 8.61. The first-order valence-electron chi connectivity index (χ1n) is 11.3. The average molecular weight is 503 g/mol. The molecule has 13 N–H and O–H groups in total. The van der Waals surface area contributed by atoms with E-state index in [9.17, 15) is 34.5 Å². The first-order valence-corrected chi connectivity index (χ1v) is 11.3. The van der Waals surface area contributed by atoms with Crippen LogP contribution in [-0.4, -0.2) is 99.0 Å². The molecule has 200 valence electrons. The number of aliphatic hydroxyl groups excluding tert-OH is 2. The van der Waals surface area contributed by atoms with E-state index in [1.54, 1.807) is 13.8 Å². The maximum Gasteiger partial charge on any atom is 0.326 e. The Kier molecular flexibility index (Phi) is 11.3. The summed E-state index contributed by atoms with van der Waals surface area (Å²) in [4.78, 5) is 52.3. The van der Waals surface area contributed by atoms with Crippen molar-refractivity contribution in [3.05, 3.63) is 0 Å². The third-order valence-corrected chi connectivity index (χ3v) is 5.81. The van der Waals surface area contributed by atoms with Crippen LogP contribution in [-0.2, 0) is 14.4 Å². The number of aliphatic imine (C=N–C) groups is 1. The van der Waals surface area contributed by atoms with Crippen LogP contribution < -0.4 is 33.6 Å². The summed E-state index contributed by atoms with van der Waals surface area (Å²) in [6.07, 6.45) is -2.46. The number of hydrogen-bond donors (Lipinski definition) is 9. The molecule has 1 aliphatic heterocycles. The summed E-state index contributed by atoms with van der Waals surface area (Å²) in [7, 11) is 0. The van der Waals surface area contributed by atoms with Crippen LogP contribution in [0, 0.1) is 5.92 Å². The Labute approximate surface area is 203 Å². The van der Waals surface area contributed by atoms with Gasteiger partial charge in [0, 0.05) is 6.04 Å². The molecule has 0 bridgehead atoms. The van der Waals surface area contributed by atoms with Crippen molar-refractivity contribution >= 4 is 29.8 Å². The number of carboxylic acids is 1. The molecule has 7 atom stereocenters. The molecule has 0 aliphatic carbocycles. The van der Waals surface area contributed by atoms with E-state index in [1.807, 2.05) is 0 Å². The zero-order chi connectivity index (χ0) is 27.0. The van der Waals surface area contributed by atoms with Crippen LogP contribution in [0.4, 0.5) is 4.79 Å². The number of urea groups is 1. The fourth-order valence-electron chi connectivity index (χ4n) is 3.55. The maximum absolute atomic E-state index is 12.4. The van der Waals surface area contributed by atoms with Crippen LogP contribution in [0.2, 0.25) is 0 Å². The van der Waals surface area contributed by atoms with Crippen molar-refractivity contribution in [2.75, 3.05) is 6.54 Å². The molecule has 0 fully saturated rings. The maximum atomic E-state index is 12.4. The highest BCUT2D eigenvalue weighted by Gasteiger charge is 2.34. The molecule has 0 radical (unpaired) electrons. The molecule has 15 nitrogen and oxygen atoms in total. The second-order valence-electron chi connectivity index (χ2n) is 9.00. The Bertz CT molecular complexity index is 808. The number of aliphatic carboxylic acids is 1. The Morgan fingerprint density at radius 3 is 2.17 bits per heavy atom. The molecule has 0 saturated carbocycles. The quantitative estimate of drug-likeness (QED) is 0.119. The van der Waals surface area contributed by atoms with Crippen molar-refractivity contribution in [1.29, 1.82) is 0 Å². The summed E-state index contributed by atoms with van der Waals surface area (Å²) in [5, 5.41) is 34.5. The van der Waals surface area contributed by atoms with E-state index in [1.165, 1.54) is 6.92 Å². The van der Waals surface area contributed by atoms with Gasteiger partial charge in [0.1, 0.15) is 12.1 Å². The first-order chi connectivity index (χ1) is 16.2. The Balaban J connectivity index is 2.52. The fraction of sp³-hybridized carbons (Fsp3) is 0.750. The number of nitrogens with zero attached hydrogens (tertiary/aromatic N) is 2. The SMILES string of the molecule is CC(NC(=O)C(N)C(N)CCC(O)C(O)CC1CN=C(N)N1C(N)=O)C(=O)NC(C(=O)O)C(C)C. The Morgan fingerprint density at radius 2 is 1.66 bits per heavy atom. The van der Waals surface area contributed by atoms with Crippen LogP contribution >= 0.6 is 0 Å². The summed E-state index contributed by atoms with van der Waals surface area (Å²) < 4.78 is 0. The van der Waals surface area contributed by atoms with Crippen LogP contribution in [0.15, 0.2) is 4.99 Å². The number of guanidine groups is 1. The molecule has 1 aliphatic rings. The van der Waals surface area contributed by atoms with Gasteiger partial charge in [0.05, 0.1) is 30.8 Å². The van der Waals surface area contributed by atoms with Crippen LogP contribution in [0.5, 0.6) is 0 Å². The van der Waals surface area contributed by atoms with Gasteiger partial charge in [0.15, 0.2) is 5.96 Å². The molecule has 1 heterocycles. The van der Waals surface area contributed by atoms with E-state index in [4.69, 9.17) is 22.9 Å². The molecule has 0 spiro atoms. The van der Waals surface area contributed by atoms with E-state index in [0.717, 1.165) is 4.90 Å². The summed E-state index contributed by atoms with van der Waals surface area (Å²) in [6, 6.07) is -5.75. The molecule has 0 aromatic carbocycles. The van der Waals surface area contributed by atoms with Gasteiger partial charge in [-0.25, -0.2) is 9.59 Å². The second kappa shape index (κ2) is 13.2. The molecule has 0 aromatic heterocycles. The minimum absolute atomic E-state index is 0.00629. The minimum Gasteiger partial charge on any atom is -0.480 e. The number of carboxylic acid groups (broad SMARTS) is 1. The predicted octanol–water partition coefficient (Wildman–Crippen LogP) is -3.66. The molecule has 7 unspecified atom stereocenters. The number of nitrogens with two attached hydrogens (primary N) is 4. The van der Waals surface area contributed by atoms with Crippen molar-refractivity contribution in [1.82, 2.24) is 15.5 Å². The van der Waals surface area contributed by atoms with Crippen molar-refractivity contribution < 1.29 is 34.5 Å². The number of rotatable bonds is 13. The van der Waals surface area contributed by atoms with Crippen molar-refractivity contribution in [2.45, 2.75) is 82.5 Å². The minimum atomic E-state index is -1.24. The van der Waals surface area contributed by atoms with E-state index >= 15 is 0 Å². The second-order valence-corrected chi connectivity index (χ2v) is 9.00. The zero-order valence-electron chi connectivity index (χ0n) is 20.1. The van der Waals surface area contributed by atoms with Crippen molar-refractivity contribution in [3.8, 4) is 0 Å². The van der Waals surface area contributed by atoms with Gasteiger partial charge in [0.2, 0.25) is 11.8 Å². The Hall–Kier alpha value is -3.01. The lowest BCUT2D eigenvalue weighted by Gasteiger charge is -2.27. The molecule has 1 rings (SSSR count). The highest BCUT2D eigenvalue weighted by atomic mass is 16.4. The summed E-state index contributed by atoms with van der Waals surface area (Å²) in [5.74, 6) is -3.05. The van der Waals surface area contributed by atoms with Gasteiger partial charge in [-0.2, -0.15) is 0 Å². The third-order valence-electron chi connectivity index (χ3n) is 5.81. The number of amides is 4. The summed E-state index contributed by atoms with van der Waals surface area (Å²) >= 11 is 0. The van der Waals surface area contributed by atoms with Gasteiger partial charge in [-0.15, -0.1) is 0 Å². The standard InChI is InChI=1S/C20H38N8O7/c1-8(2)15(18(33)34)27-16(31)9(3)26-17(32)14(22)11(21)4-5-12(29)13(30)6-10-7-25-19(23)28(10)20(24)35/h8-15,29-30H,4-7,21-22H2,1-3H3,(H2,23,25)(H2,24,35)(H,26,32)(H,27,31)(H,33,34).